The maximum atomic E-state index is 13.1. The van der Waals surface area contributed by atoms with Crippen molar-refractivity contribution in [3.63, 3.8) is 0 Å². The number of aliphatic imine (C=N–C) groups is 1. The number of nitrogens with one attached hydrogen (secondary N) is 4. The minimum absolute atomic E-state index is 0.0222. The van der Waals surface area contributed by atoms with Crippen LogP contribution in [0.2, 0.25) is 5.02 Å². The summed E-state index contributed by atoms with van der Waals surface area (Å²) in [6, 6.07) is 17.7. The first-order valence-corrected chi connectivity index (χ1v) is 21.0. The first kappa shape index (κ1) is 44.4. The molecule has 4 N–H and O–H groups in total. The van der Waals surface area contributed by atoms with Crippen LogP contribution in [-0.2, 0) is 34.5 Å². The number of hydrogen-bond donors (Lipinski definition) is 4. The lowest BCUT2D eigenvalue weighted by Gasteiger charge is -2.22. The first-order valence-electron chi connectivity index (χ1n) is 19.0. The van der Waals surface area contributed by atoms with Gasteiger partial charge < -0.3 is 30.7 Å². The van der Waals surface area contributed by atoms with Gasteiger partial charge in [-0.2, -0.15) is 28.1 Å². The number of ether oxygens (including phenoxy) is 2. The third-order valence-corrected chi connectivity index (χ3v) is 12.3. The monoisotopic (exact) mass is 884 g/mol. The van der Waals surface area contributed by atoms with E-state index in [0.717, 1.165) is 31.9 Å². The van der Waals surface area contributed by atoms with E-state index in [0.29, 0.717) is 36.4 Å². The Morgan fingerprint density at radius 2 is 1.57 bits per heavy atom. The fraction of sp³-hybridized carbons (Fsp3) is 0.350. The lowest BCUT2D eigenvalue weighted by atomic mass is 10.0. The summed E-state index contributed by atoms with van der Waals surface area (Å²) in [5.74, 6) is -4.22. The van der Waals surface area contributed by atoms with Gasteiger partial charge in [-0.25, -0.2) is 18.2 Å². The number of rotatable bonds is 15. The molecule has 21 heteroatoms. The smallest absolute Gasteiger partial charge is 0.422 e. The summed E-state index contributed by atoms with van der Waals surface area (Å²) in [6.45, 7) is -1.94. The van der Waals surface area contributed by atoms with E-state index in [1.165, 1.54) is 48.5 Å². The number of alkyl halides is 3. The van der Waals surface area contributed by atoms with Crippen LogP contribution in [0.25, 0.3) is 0 Å². The zero-order valence-corrected chi connectivity index (χ0v) is 34.1. The average molecular weight is 885 g/mol. The van der Waals surface area contributed by atoms with E-state index in [9.17, 15) is 40.8 Å². The maximum absolute atomic E-state index is 13.1. The van der Waals surface area contributed by atoms with Crippen molar-refractivity contribution in [1.82, 2.24) is 20.3 Å². The molecule has 2 aliphatic carbocycles. The van der Waals surface area contributed by atoms with Gasteiger partial charge in [-0.3, -0.25) is 14.4 Å². The van der Waals surface area contributed by atoms with Crippen LogP contribution in [0.3, 0.4) is 0 Å². The van der Waals surface area contributed by atoms with Crippen LogP contribution in [0.4, 0.5) is 36.4 Å². The molecule has 1 heterocycles. The van der Waals surface area contributed by atoms with Crippen LogP contribution < -0.4 is 26.0 Å². The van der Waals surface area contributed by atoms with Gasteiger partial charge in [-0.1, -0.05) is 49.1 Å². The number of methoxy groups -OCH3 is 1. The van der Waals surface area contributed by atoms with Gasteiger partial charge in [0.1, 0.15) is 5.71 Å². The molecule has 0 saturated heterocycles. The molecule has 2 aliphatic rings. The van der Waals surface area contributed by atoms with Crippen molar-refractivity contribution in [1.29, 1.82) is 0 Å². The molecule has 4 aromatic rings. The molecule has 0 spiro atoms. The fourth-order valence-electron chi connectivity index (χ4n) is 6.49. The number of halogens is 4. The second-order valence-corrected chi connectivity index (χ2v) is 16.9. The van der Waals surface area contributed by atoms with Crippen LogP contribution in [0.1, 0.15) is 67.3 Å². The molecule has 0 bridgehead atoms. The van der Waals surface area contributed by atoms with Gasteiger partial charge in [0.25, 0.3) is 5.91 Å². The molecule has 3 amide bonds. The van der Waals surface area contributed by atoms with Gasteiger partial charge in [0.2, 0.25) is 11.9 Å². The van der Waals surface area contributed by atoms with Crippen LogP contribution in [0, 0.1) is 0 Å². The Kier molecular flexibility index (Phi) is 13.9. The third kappa shape index (κ3) is 12.0. The lowest BCUT2D eigenvalue weighted by molar-refractivity contribution is -0.154. The van der Waals surface area contributed by atoms with Gasteiger partial charge in [0.05, 0.1) is 22.8 Å². The van der Waals surface area contributed by atoms with Gasteiger partial charge >= 0.3 is 30.0 Å². The summed E-state index contributed by atoms with van der Waals surface area (Å²) >= 11 is 6.03. The van der Waals surface area contributed by atoms with Crippen LogP contribution >= 0.6 is 11.6 Å². The Bertz CT molecular complexity index is 2410. The molecule has 2 fully saturated rings. The second-order valence-electron chi connectivity index (χ2n) is 14.2. The molecule has 3 aromatic carbocycles. The number of hydrogen-bond acceptors (Lipinski definition) is 13. The number of amides is 3. The number of aromatic nitrogens is 3. The van der Waals surface area contributed by atoms with Gasteiger partial charge in [0, 0.05) is 34.9 Å². The molecule has 322 valence electrons. The van der Waals surface area contributed by atoms with Crippen molar-refractivity contribution in [3.05, 3.63) is 88.9 Å². The van der Waals surface area contributed by atoms with E-state index in [1.807, 2.05) is 12.1 Å². The highest BCUT2D eigenvalue weighted by Gasteiger charge is 2.45. The predicted octanol–water partition coefficient (Wildman–Crippen LogP) is 6.32. The Morgan fingerprint density at radius 1 is 0.885 bits per heavy atom. The topological polar surface area (TPSA) is 220 Å². The van der Waals surface area contributed by atoms with Gasteiger partial charge in [-0.15, -0.1) is 0 Å². The Hall–Kier alpha value is -6.15. The molecule has 61 heavy (non-hydrogen) atoms. The summed E-state index contributed by atoms with van der Waals surface area (Å²) < 4.78 is 74.8. The summed E-state index contributed by atoms with van der Waals surface area (Å²) in [5, 5.41) is 10.8. The predicted molar refractivity (Wildman–Crippen MR) is 218 cm³/mol. The quantitative estimate of drug-likeness (QED) is 0.0585. The maximum Gasteiger partial charge on any atom is 0.422 e. The van der Waals surface area contributed by atoms with Crippen molar-refractivity contribution in [2.24, 2.45) is 4.99 Å². The van der Waals surface area contributed by atoms with Crippen molar-refractivity contribution < 1.29 is 50.2 Å². The number of benzene rings is 3. The molecule has 0 unspecified atom stereocenters. The largest absolute Gasteiger partial charge is 0.465 e. The highest BCUT2D eigenvalue weighted by molar-refractivity contribution is 7.92. The summed E-state index contributed by atoms with van der Waals surface area (Å²) in [6.07, 6.45) is 0.152. The van der Waals surface area contributed by atoms with E-state index in [4.69, 9.17) is 21.1 Å². The van der Waals surface area contributed by atoms with E-state index in [-0.39, 0.29) is 46.7 Å². The lowest BCUT2D eigenvalue weighted by Crippen LogP contribution is -2.37. The molecule has 1 aromatic heterocycles. The number of carbonyl (C=O) groups is 4. The fourth-order valence-corrected chi connectivity index (χ4v) is 8.51. The van der Waals surface area contributed by atoms with Crippen LogP contribution in [0.15, 0.2) is 82.7 Å². The molecule has 6 rings (SSSR count). The second kappa shape index (κ2) is 19.1. The van der Waals surface area contributed by atoms with Crippen molar-refractivity contribution >= 4 is 74.1 Å². The van der Waals surface area contributed by atoms with E-state index >= 15 is 0 Å². The Balaban J connectivity index is 1.07. The molecular weight excluding hydrogens is 845 g/mol. The Labute approximate surface area is 353 Å². The Morgan fingerprint density at radius 3 is 2.23 bits per heavy atom. The number of esters is 1. The van der Waals surface area contributed by atoms with Crippen molar-refractivity contribution in [3.8, 4) is 6.01 Å². The summed E-state index contributed by atoms with van der Waals surface area (Å²) in [4.78, 5) is 67.1. The van der Waals surface area contributed by atoms with Crippen LogP contribution in [-0.4, -0.2) is 84.5 Å². The SMILES string of the molecule is COC(=O)/C(CCNC(=O)C(=O)Nc1cccc(S(=O)(=O)C2CCCCC2)c1)=N\C(=O)c1ccc(Nc2nc(NC3(c4ccc(Cl)cc4)CC3)nc(OCC(F)(F)F)n2)cc1. The summed E-state index contributed by atoms with van der Waals surface area (Å²) in [5.41, 5.74) is 0.372. The minimum Gasteiger partial charge on any atom is -0.465 e. The average Bonchev–Trinajstić information content (AvgIpc) is 4.02. The highest BCUT2D eigenvalue weighted by Crippen LogP contribution is 2.48. The molecule has 0 aliphatic heterocycles. The van der Waals surface area contributed by atoms with E-state index in [2.05, 4.69) is 41.2 Å². The zero-order chi connectivity index (χ0) is 43.8. The molecule has 0 radical (unpaired) electrons. The highest BCUT2D eigenvalue weighted by atomic mass is 35.5. The van der Waals surface area contributed by atoms with Crippen molar-refractivity contribution in [2.45, 2.75) is 73.2 Å². The first-order chi connectivity index (χ1) is 29.0. The van der Waals surface area contributed by atoms with Gasteiger partial charge in [0.15, 0.2) is 16.4 Å². The summed E-state index contributed by atoms with van der Waals surface area (Å²) in [7, 11) is -2.55. The number of anilines is 4. The molecule has 2 saturated carbocycles. The minimum atomic E-state index is -4.66. The van der Waals surface area contributed by atoms with E-state index < -0.39 is 63.1 Å². The van der Waals surface area contributed by atoms with Gasteiger partial charge in [-0.05, 0) is 85.8 Å². The number of carbonyl (C=O) groups excluding carboxylic acids is 4. The van der Waals surface area contributed by atoms with Crippen molar-refractivity contribution in [2.75, 3.05) is 36.2 Å². The van der Waals surface area contributed by atoms with E-state index in [1.54, 1.807) is 12.1 Å². The number of nitrogens with zero attached hydrogens (tertiary/aromatic N) is 4. The molecular formula is C40H40ClF3N8O8S. The van der Waals surface area contributed by atoms with Crippen LogP contribution in [0.5, 0.6) is 6.01 Å². The number of sulfone groups is 1. The zero-order valence-electron chi connectivity index (χ0n) is 32.6. The third-order valence-electron chi connectivity index (χ3n) is 9.79. The normalized spacial score (nSPS) is 15.3. The molecule has 16 nitrogen and oxygen atoms in total. The standard InChI is InChI=1S/C40H40ClF3N8O8S/c1-59-35(56)31(18-21-45-33(54)34(55)46-28-6-5-9-30(22-28)61(57,58)29-7-3-2-4-8-29)48-32(53)24-10-16-27(17-11-24)47-36-49-37(51-38(50-36)60-23-40(42,43)44)52-39(19-20-39)25-12-14-26(41)15-13-25/h5-6,9-17,22,29H,2-4,7-8,18-21,23H2,1H3,(H,45,54)(H,46,55)(H2,47,49,50,51,52)/b48-31-. The molecule has 0 atom stereocenters.